The van der Waals surface area contributed by atoms with Crippen LogP contribution in [0, 0.1) is 0 Å². The Labute approximate surface area is 81.8 Å². The molecule has 1 fully saturated rings. The van der Waals surface area contributed by atoms with E-state index in [4.69, 9.17) is 5.11 Å². The summed E-state index contributed by atoms with van der Waals surface area (Å²) in [5, 5.41) is 8.10. The first-order valence-electron chi connectivity index (χ1n) is 3.63. The van der Waals surface area contributed by atoms with Gasteiger partial charge in [0.05, 0.1) is 6.42 Å². The van der Waals surface area contributed by atoms with Crippen molar-refractivity contribution in [2.45, 2.75) is 36.0 Å². The number of aliphatic hydroxyl groups is 1. The van der Waals surface area contributed by atoms with Crippen molar-refractivity contribution in [2.75, 3.05) is 0 Å². The van der Waals surface area contributed by atoms with Crippen molar-refractivity contribution in [3.8, 4) is 0 Å². The summed E-state index contributed by atoms with van der Waals surface area (Å²) < 4.78 is 111. The van der Waals surface area contributed by atoms with E-state index in [0.717, 1.165) is 0 Å². The fraction of sp³-hybridized carbons (Fsp3) is 1.00. The summed E-state index contributed by atoms with van der Waals surface area (Å²) in [4.78, 5) is 0. The van der Waals surface area contributed by atoms with Crippen LogP contribution < -0.4 is 0 Å². The molecule has 1 rings (SSSR count). The van der Waals surface area contributed by atoms with Gasteiger partial charge < -0.3 is 5.11 Å². The summed E-state index contributed by atoms with van der Waals surface area (Å²) >= 11 is 0. The van der Waals surface area contributed by atoms with Gasteiger partial charge in [-0.15, -0.1) is 0 Å². The molecule has 1 aliphatic rings. The molecule has 1 nitrogen and oxygen atoms in total. The third-order valence-corrected chi connectivity index (χ3v) is 2.19. The molecule has 0 bridgehead atoms. The lowest BCUT2D eigenvalue weighted by atomic mass is 9.82. The highest BCUT2D eigenvalue weighted by Crippen LogP contribution is 2.63. The predicted octanol–water partition coefficient (Wildman–Crippen LogP) is 2.59. The summed E-state index contributed by atoms with van der Waals surface area (Å²) in [5.74, 6) is -30.7. The first-order chi connectivity index (χ1) is 6.71. The Balaban J connectivity index is 3.43. The van der Waals surface area contributed by atoms with E-state index >= 15 is 0 Å². The predicted molar refractivity (Wildman–Crippen MR) is 30.5 cm³/mol. The lowest BCUT2D eigenvalue weighted by Crippen LogP contribution is -2.74. The maximum absolute atomic E-state index is 12.5. The Morgan fingerprint density at radius 2 is 1.00 bits per heavy atom. The first kappa shape index (κ1) is 13.4. The van der Waals surface area contributed by atoms with E-state index < -0.39 is 36.0 Å². The third-order valence-electron chi connectivity index (χ3n) is 2.19. The molecular weight excluding hydrogens is 259 g/mol. The van der Waals surface area contributed by atoms with Crippen LogP contribution in [0.25, 0.3) is 0 Å². The van der Waals surface area contributed by atoms with Gasteiger partial charge in [-0.05, 0) is 0 Å². The van der Waals surface area contributed by atoms with E-state index in [1.54, 1.807) is 0 Å². The molecule has 0 amide bonds. The lowest BCUT2D eigenvalue weighted by Gasteiger charge is -2.46. The van der Waals surface area contributed by atoms with Crippen LogP contribution in [0.5, 0.6) is 0 Å². The molecule has 0 aromatic carbocycles. The summed E-state index contributed by atoms with van der Waals surface area (Å²) in [6.45, 7) is 0. The average Bonchev–Trinajstić information content (AvgIpc) is 1.98. The van der Waals surface area contributed by atoms with Crippen LogP contribution in [-0.2, 0) is 0 Å². The smallest absolute Gasteiger partial charge is 0.357 e. The number of rotatable bonds is 0. The minimum atomic E-state index is -6.70. The molecule has 1 unspecified atom stereocenters. The fourth-order valence-corrected chi connectivity index (χ4v) is 1.18. The van der Waals surface area contributed by atoms with Gasteiger partial charge in [-0.2, -0.15) is 35.1 Å². The first-order valence-corrected chi connectivity index (χ1v) is 3.63. The number of halogens is 9. The van der Waals surface area contributed by atoms with Gasteiger partial charge in [0.1, 0.15) is 0 Å². The Morgan fingerprint density at radius 3 is 1.38 bits per heavy atom. The molecule has 10 heteroatoms. The van der Waals surface area contributed by atoms with E-state index in [9.17, 15) is 39.5 Å². The zero-order chi connectivity index (χ0) is 13.2. The Bertz CT molecular complexity index is 279. The fourth-order valence-electron chi connectivity index (χ4n) is 1.18. The minimum absolute atomic E-state index is 3.12. The van der Waals surface area contributed by atoms with E-state index in [2.05, 4.69) is 0 Å². The van der Waals surface area contributed by atoms with Gasteiger partial charge >= 0.3 is 23.7 Å². The molecule has 0 spiro atoms. The van der Waals surface area contributed by atoms with Gasteiger partial charge in [0.25, 0.3) is 5.85 Å². The molecule has 0 radical (unpaired) electrons. The van der Waals surface area contributed by atoms with Crippen molar-refractivity contribution >= 4 is 0 Å². The minimum Gasteiger partial charge on any atom is -0.357 e. The zero-order valence-electron chi connectivity index (χ0n) is 7.06. The summed E-state index contributed by atoms with van der Waals surface area (Å²) in [5.41, 5.74) is 0. The number of hydrogen-bond donors (Lipinski definition) is 1. The SMILES string of the molecule is OC1(F)CC(F)(F)C(F)(F)C(F)(F)C1(F)F. The Morgan fingerprint density at radius 1 is 0.625 bits per heavy atom. The van der Waals surface area contributed by atoms with Crippen LogP contribution in [0.3, 0.4) is 0 Å². The van der Waals surface area contributed by atoms with Crippen LogP contribution in [0.1, 0.15) is 6.42 Å². The molecule has 1 atom stereocenters. The van der Waals surface area contributed by atoms with Gasteiger partial charge in [-0.1, -0.05) is 0 Å². The van der Waals surface area contributed by atoms with E-state index in [0.29, 0.717) is 0 Å². The van der Waals surface area contributed by atoms with Crippen molar-refractivity contribution in [3.05, 3.63) is 0 Å². The number of hydrogen-bond acceptors (Lipinski definition) is 1. The Kier molecular flexibility index (Phi) is 2.32. The highest BCUT2D eigenvalue weighted by atomic mass is 19.4. The topological polar surface area (TPSA) is 20.2 Å². The van der Waals surface area contributed by atoms with Gasteiger partial charge in [-0.3, -0.25) is 0 Å². The highest BCUT2D eigenvalue weighted by molar-refractivity contribution is 5.14. The molecule has 0 aliphatic heterocycles. The van der Waals surface area contributed by atoms with Crippen LogP contribution >= 0.6 is 0 Å². The highest BCUT2D eigenvalue weighted by Gasteiger charge is 2.91. The molecule has 0 saturated heterocycles. The Hall–Kier alpha value is -0.670. The largest absolute Gasteiger partial charge is 0.384 e. The van der Waals surface area contributed by atoms with Crippen molar-refractivity contribution in [2.24, 2.45) is 0 Å². The van der Waals surface area contributed by atoms with Crippen molar-refractivity contribution in [3.63, 3.8) is 0 Å². The molecule has 1 saturated carbocycles. The zero-order valence-corrected chi connectivity index (χ0v) is 7.06. The third kappa shape index (κ3) is 1.19. The van der Waals surface area contributed by atoms with Crippen LogP contribution in [0.2, 0.25) is 0 Å². The normalized spacial score (nSPS) is 39.4. The van der Waals surface area contributed by atoms with Crippen molar-refractivity contribution < 1.29 is 44.6 Å². The van der Waals surface area contributed by atoms with Crippen molar-refractivity contribution in [1.82, 2.24) is 0 Å². The monoisotopic (exact) mass is 262 g/mol. The summed E-state index contributed by atoms with van der Waals surface area (Å²) in [6, 6.07) is 0. The standard InChI is InChI=1S/C6H3F9O/c7-2(8)1-3(9,16)5(12,13)6(14,15)4(2,10)11/h16H,1H2. The summed E-state index contributed by atoms with van der Waals surface area (Å²) in [6.07, 6.45) is -3.12. The van der Waals surface area contributed by atoms with Crippen LogP contribution in [0.4, 0.5) is 39.5 Å². The lowest BCUT2D eigenvalue weighted by molar-refractivity contribution is -0.455. The van der Waals surface area contributed by atoms with Gasteiger partial charge in [0.15, 0.2) is 0 Å². The van der Waals surface area contributed by atoms with Gasteiger partial charge in [0, 0.05) is 0 Å². The van der Waals surface area contributed by atoms with E-state index in [-0.39, 0.29) is 0 Å². The quantitative estimate of drug-likeness (QED) is 0.665. The summed E-state index contributed by atoms with van der Waals surface area (Å²) in [7, 11) is 0. The second kappa shape index (κ2) is 2.77. The van der Waals surface area contributed by atoms with Crippen LogP contribution in [-0.4, -0.2) is 34.7 Å². The molecule has 1 aliphatic carbocycles. The molecule has 0 aromatic heterocycles. The maximum atomic E-state index is 12.5. The molecule has 0 aromatic rings. The molecule has 96 valence electrons. The molecule has 0 heterocycles. The van der Waals surface area contributed by atoms with Crippen LogP contribution in [0.15, 0.2) is 0 Å². The van der Waals surface area contributed by atoms with Gasteiger partial charge in [-0.25, -0.2) is 4.39 Å². The molecular formula is C6H3F9O. The molecule has 16 heavy (non-hydrogen) atoms. The molecule has 1 N–H and O–H groups in total. The van der Waals surface area contributed by atoms with E-state index in [1.165, 1.54) is 0 Å². The average molecular weight is 262 g/mol. The number of alkyl halides is 9. The van der Waals surface area contributed by atoms with Crippen molar-refractivity contribution in [1.29, 1.82) is 0 Å². The second-order valence-electron chi connectivity index (χ2n) is 3.36. The van der Waals surface area contributed by atoms with Gasteiger partial charge in [0.2, 0.25) is 0 Å². The van der Waals surface area contributed by atoms with E-state index in [1.807, 2.05) is 0 Å². The maximum Gasteiger partial charge on any atom is 0.384 e. The second-order valence-corrected chi connectivity index (χ2v) is 3.36.